The van der Waals surface area contributed by atoms with E-state index in [1.54, 1.807) is 30.6 Å². The van der Waals surface area contributed by atoms with Gasteiger partial charge in [0.1, 0.15) is 11.0 Å². The van der Waals surface area contributed by atoms with Crippen LogP contribution in [0.5, 0.6) is 0 Å². The van der Waals surface area contributed by atoms with E-state index in [0.717, 1.165) is 15.7 Å². The Morgan fingerprint density at radius 3 is 2.45 bits per heavy atom. The molecule has 0 fully saturated rings. The third-order valence-electron chi connectivity index (χ3n) is 2.83. The van der Waals surface area contributed by atoms with Gasteiger partial charge in [0.05, 0.1) is 5.69 Å². The van der Waals surface area contributed by atoms with Gasteiger partial charge in [-0.1, -0.05) is 23.2 Å². The van der Waals surface area contributed by atoms with Crippen LogP contribution in [0.1, 0.15) is 0 Å². The highest BCUT2D eigenvalue weighted by Gasteiger charge is 2.08. The standard InChI is InChI=1S/C15H9BrCl2N4/c16-11-7-10(17)1-2-12(11)20-14-8-13(18)21-15(22-14)9-3-5-19-6-4-9/h1-8H,(H,20,21,22). The SMILES string of the molecule is Clc1ccc(Nc2cc(Cl)nc(-c3ccncc3)n2)c(Br)c1. The first-order valence-corrected chi connectivity index (χ1v) is 7.84. The molecule has 0 amide bonds. The summed E-state index contributed by atoms with van der Waals surface area (Å²) >= 11 is 15.5. The Morgan fingerprint density at radius 1 is 0.955 bits per heavy atom. The summed E-state index contributed by atoms with van der Waals surface area (Å²) < 4.78 is 0.834. The molecule has 0 spiro atoms. The molecule has 0 saturated carbocycles. The second-order valence-corrected chi connectivity index (χ2v) is 6.06. The topological polar surface area (TPSA) is 50.7 Å². The van der Waals surface area contributed by atoms with E-state index in [0.29, 0.717) is 21.8 Å². The second kappa shape index (κ2) is 6.60. The van der Waals surface area contributed by atoms with E-state index in [1.807, 2.05) is 18.2 Å². The fourth-order valence-electron chi connectivity index (χ4n) is 1.84. The summed E-state index contributed by atoms with van der Waals surface area (Å²) in [6.45, 7) is 0. The first-order valence-electron chi connectivity index (χ1n) is 6.29. The molecule has 110 valence electrons. The Balaban J connectivity index is 1.96. The van der Waals surface area contributed by atoms with Crippen molar-refractivity contribution in [2.45, 2.75) is 0 Å². The number of pyridine rings is 1. The number of halogens is 3. The molecule has 3 rings (SSSR count). The second-order valence-electron chi connectivity index (χ2n) is 4.38. The molecule has 22 heavy (non-hydrogen) atoms. The summed E-state index contributed by atoms with van der Waals surface area (Å²) in [5.74, 6) is 1.12. The van der Waals surface area contributed by atoms with E-state index in [-0.39, 0.29) is 0 Å². The summed E-state index contributed by atoms with van der Waals surface area (Å²) in [6, 6.07) is 10.8. The predicted molar refractivity (Wildman–Crippen MR) is 92.7 cm³/mol. The number of benzene rings is 1. The highest BCUT2D eigenvalue weighted by Crippen LogP contribution is 2.29. The van der Waals surface area contributed by atoms with Crippen LogP contribution in [0.3, 0.4) is 0 Å². The lowest BCUT2D eigenvalue weighted by molar-refractivity contribution is 1.17. The van der Waals surface area contributed by atoms with Crippen LogP contribution in [-0.2, 0) is 0 Å². The average molecular weight is 396 g/mol. The highest BCUT2D eigenvalue weighted by molar-refractivity contribution is 9.10. The fraction of sp³-hybridized carbons (Fsp3) is 0. The van der Waals surface area contributed by atoms with Gasteiger partial charge in [-0.05, 0) is 46.3 Å². The van der Waals surface area contributed by atoms with Crippen LogP contribution in [0.25, 0.3) is 11.4 Å². The molecule has 0 aliphatic heterocycles. The molecular formula is C15H9BrCl2N4. The molecule has 2 aromatic heterocycles. The quantitative estimate of drug-likeness (QED) is 0.607. The smallest absolute Gasteiger partial charge is 0.163 e. The van der Waals surface area contributed by atoms with Gasteiger partial charge in [-0.3, -0.25) is 4.98 Å². The molecule has 0 atom stereocenters. The molecule has 0 unspecified atom stereocenters. The number of hydrogen-bond donors (Lipinski definition) is 1. The number of rotatable bonds is 3. The summed E-state index contributed by atoms with van der Waals surface area (Å²) in [6.07, 6.45) is 3.37. The molecule has 1 aromatic carbocycles. The van der Waals surface area contributed by atoms with Crippen LogP contribution < -0.4 is 5.32 Å². The third kappa shape index (κ3) is 3.55. The van der Waals surface area contributed by atoms with Gasteiger partial charge in [-0.25, -0.2) is 9.97 Å². The van der Waals surface area contributed by atoms with Gasteiger partial charge in [0.2, 0.25) is 0 Å². The average Bonchev–Trinajstić information content (AvgIpc) is 2.50. The maximum Gasteiger partial charge on any atom is 0.163 e. The number of nitrogens with one attached hydrogen (secondary N) is 1. The van der Waals surface area contributed by atoms with Crippen molar-refractivity contribution in [3.05, 3.63) is 63.4 Å². The minimum atomic E-state index is 0.356. The summed E-state index contributed by atoms with van der Waals surface area (Å²) in [5.41, 5.74) is 1.68. The summed E-state index contributed by atoms with van der Waals surface area (Å²) in [7, 11) is 0. The lowest BCUT2D eigenvalue weighted by Crippen LogP contribution is -1.98. The van der Waals surface area contributed by atoms with Gasteiger partial charge >= 0.3 is 0 Å². The lowest BCUT2D eigenvalue weighted by atomic mass is 10.2. The third-order valence-corrected chi connectivity index (χ3v) is 3.91. The van der Waals surface area contributed by atoms with Crippen LogP contribution in [-0.4, -0.2) is 15.0 Å². The molecule has 7 heteroatoms. The number of nitrogens with zero attached hydrogens (tertiary/aromatic N) is 3. The Labute approximate surface area is 145 Å². The minimum absolute atomic E-state index is 0.356. The van der Waals surface area contributed by atoms with Gasteiger partial charge in [0.25, 0.3) is 0 Å². The van der Waals surface area contributed by atoms with Crippen LogP contribution in [0, 0.1) is 0 Å². The van der Waals surface area contributed by atoms with Gasteiger partial charge in [-0.15, -0.1) is 0 Å². The van der Waals surface area contributed by atoms with E-state index in [4.69, 9.17) is 23.2 Å². The zero-order valence-electron chi connectivity index (χ0n) is 11.1. The van der Waals surface area contributed by atoms with Crippen molar-refractivity contribution < 1.29 is 0 Å². The van der Waals surface area contributed by atoms with E-state index >= 15 is 0 Å². The summed E-state index contributed by atoms with van der Waals surface area (Å²) in [5, 5.41) is 4.20. The van der Waals surface area contributed by atoms with Crippen molar-refractivity contribution in [1.29, 1.82) is 0 Å². The van der Waals surface area contributed by atoms with Crippen LogP contribution in [0.15, 0.2) is 53.3 Å². The van der Waals surface area contributed by atoms with Crippen molar-refractivity contribution in [1.82, 2.24) is 15.0 Å². The fourth-order valence-corrected chi connectivity index (χ4v) is 2.81. The maximum atomic E-state index is 6.09. The van der Waals surface area contributed by atoms with Crippen LogP contribution in [0.2, 0.25) is 10.2 Å². The molecule has 0 aliphatic carbocycles. The van der Waals surface area contributed by atoms with Gasteiger partial charge in [0, 0.05) is 33.5 Å². The van der Waals surface area contributed by atoms with Crippen molar-refractivity contribution in [2.24, 2.45) is 0 Å². The van der Waals surface area contributed by atoms with Gasteiger partial charge in [-0.2, -0.15) is 0 Å². The van der Waals surface area contributed by atoms with E-state index < -0.39 is 0 Å². The van der Waals surface area contributed by atoms with Crippen LogP contribution >= 0.6 is 39.1 Å². The predicted octanol–water partition coefficient (Wildman–Crippen LogP) is 5.35. The minimum Gasteiger partial charge on any atom is -0.339 e. The van der Waals surface area contributed by atoms with Crippen molar-refractivity contribution in [3.8, 4) is 11.4 Å². The number of aromatic nitrogens is 3. The van der Waals surface area contributed by atoms with Crippen molar-refractivity contribution >= 4 is 50.6 Å². The van der Waals surface area contributed by atoms with E-state index in [2.05, 4.69) is 36.2 Å². The molecule has 0 radical (unpaired) electrons. The monoisotopic (exact) mass is 394 g/mol. The maximum absolute atomic E-state index is 6.09. The molecule has 0 aliphatic rings. The Morgan fingerprint density at radius 2 is 1.73 bits per heavy atom. The molecular weight excluding hydrogens is 387 g/mol. The normalized spacial score (nSPS) is 10.5. The first kappa shape index (κ1) is 15.2. The van der Waals surface area contributed by atoms with E-state index in [9.17, 15) is 0 Å². The molecule has 4 nitrogen and oxygen atoms in total. The number of anilines is 2. The lowest BCUT2D eigenvalue weighted by Gasteiger charge is -2.10. The first-order chi connectivity index (χ1) is 10.6. The largest absolute Gasteiger partial charge is 0.339 e. The molecule has 0 saturated heterocycles. The van der Waals surface area contributed by atoms with Gasteiger partial charge in [0.15, 0.2) is 5.82 Å². The van der Waals surface area contributed by atoms with Gasteiger partial charge < -0.3 is 5.32 Å². The Kier molecular flexibility index (Phi) is 4.57. The molecule has 1 N–H and O–H groups in total. The van der Waals surface area contributed by atoms with Crippen molar-refractivity contribution in [2.75, 3.05) is 5.32 Å². The Bertz CT molecular complexity index is 812. The van der Waals surface area contributed by atoms with E-state index in [1.165, 1.54) is 0 Å². The Hall–Kier alpha value is -1.69. The van der Waals surface area contributed by atoms with Crippen LogP contribution in [0.4, 0.5) is 11.5 Å². The zero-order valence-corrected chi connectivity index (χ0v) is 14.2. The molecule has 2 heterocycles. The molecule has 3 aromatic rings. The van der Waals surface area contributed by atoms with Crippen molar-refractivity contribution in [3.63, 3.8) is 0 Å². The summed E-state index contributed by atoms with van der Waals surface area (Å²) in [4.78, 5) is 12.7. The highest BCUT2D eigenvalue weighted by atomic mass is 79.9. The zero-order chi connectivity index (χ0) is 15.5. The number of hydrogen-bond acceptors (Lipinski definition) is 4. The molecule has 0 bridgehead atoms.